The van der Waals surface area contributed by atoms with Crippen LogP contribution in [-0.2, 0) is 0 Å². The van der Waals surface area contributed by atoms with Crippen molar-refractivity contribution in [3.8, 4) is 11.8 Å². The van der Waals surface area contributed by atoms with Gasteiger partial charge in [0.15, 0.2) is 0 Å². The van der Waals surface area contributed by atoms with Gasteiger partial charge in [0.25, 0.3) is 5.91 Å². The number of aryl methyl sites for hydroxylation is 1. The first-order valence-electron chi connectivity index (χ1n) is 7.16. The van der Waals surface area contributed by atoms with E-state index in [9.17, 15) is 4.79 Å². The van der Waals surface area contributed by atoms with Crippen LogP contribution in [0.1, 0.15) is 53.2 Å². The molecule has 4 heteroatoms. The molecule has 0 unspecified atom stereocenters. The summed E-state index contributed by atoms with van der Waals surface area (Å²) in [5.41, 5.74) is 6.47. The summed E-state index contributed by atoms with van der Waals surface area (Å²) in [5, 5.41) is 0. The largest absolute Gasteiger partial charge is 0.333 e. The number of thiophene rings is 1. The Bertz CT molecular complexity index is 543. The van der Waals surface area contributed by atoms with Gasteiger partial charge in [0, 0.05) is 12.1 Å². The second kappa shape index (κ2) is 6.43. The fourth-order valence-corrected chi connectivity index (χ4v) is 3.78. The lowest BCUT2D eigenvalue weighted by molar-refractivity contribution is 0.0516. The molecule has 1 aromatic heterocycles. The quantitative estimate of drug-likeness (QED) is 0.808. The third-order valence-corrected chi connectivity index (χ3v) is 5.00. The third kappa shape index (κ3) is 3.05. The minimum atomic E-state index is 0.151. The molecule has 2 heterocycles. The molecular weight excluding hydrogens is 268 g/mol. The van der Waals surface area contributed by atoms with Crippen LogP contribution < -0.4 is 5.73 Å². The number of likely N-dealkylation sites (tertiary alicyclic amines) is 1. The lowest BCUT2D eigenvalue weighted by Gasteiger charge is -2.38. The van der Waals surface area contributed by atoms with Crippen LogP contribution in [0.5, 0.6) is 0 Å². The molecule has 1 fully saturated rings. The van der Waals surface area contributed by atoms with Crippen molar-refractivity contribution in [3.63, 3.8) is 0 Å². The first kappa shape index (κ1) is 15.1. The average Bonchev–Trinajstić information content (AvgIpc) is 2.77. The van der Waals surface area contributed by atoms with Gasteiger partial charge in [-0.1, -0.05) is 11.8 Å². The van der Waals surface area contributed by atoms with Crippen molar-refractivity contribution in [2.24, 2.45) is 5.73 Å². The highest BCUT2D eigenvalue weighted by Gasteiger charge is 2.30. The van der Waals surface area contributed by atoms with Crippen molar-refractivity contribution < 1.29 is 4.79 Å². The lowest BCUT2D eigenvalue weighted by atomic mass is 9.97. The van der Waals surface area contributed by atoms with Crippen molar-refractivity contribution in [1.82, 2.24) is 4.90 Å². The van der Waals surface area contributed by atoms with Crippen molar-refractivity contribution in [2.75, 3.05) is 6.54 Å². The summed E-state index contributed by atoms with van der Waals surface area (Å²) in [4.78, 5) is 16.5. The molecule has 2 atom stereocenters. The maximum Gasteiger partial charge on any atom is 0.264 e. The zero-order valence-electron chi connectivity index (χ0n) is 12.4. The zero-order chi connectivity index (χ0) is 14.7. The predicted molar refractivity (Wildman–Crippen MR) is 83.9 cm³/mol. The van der Waals surface area contributed by atoms with Crippen LogP contribution in [0.4, 0.5) is 0 Å². The number of hydrogen-bond donors (Lipinski definition) is 1. The molecule has 3 nitrogen and oxygen atoms in total. The minimum Gasteiger partial charge on any atom is -0.333 e. The molecule has 0 radical (unpaired) electrons. The molecule has 0 saturated carbocycles. The highest BCUT2D eigenvalue weighted by molar-refractivity contribution is 7.14. The van der Waals surface area contributed by atoms with E-state index in [1.807, 2.05) is 17.9 Å². The van der Waals surface area contributed by atoms with Gasteiger partial charge >= 0.3 is 0 Å². The standard InChI is InChI=1S/C16H22N2OS/c1-11-10-15(20-14(11)8-5-9-17)16(19)18-12(2)6-4-7-13(18)3/h10,12-13H,4,6-7,9,17H2,1-3H3/t12-,13+. The molecule has 0 aromatic carbocycles. The molecule has 1 amide bonds. The number of carbonyl (C=O) groups excluding carboxylic acids is 1. The third-order valence-electron chi connectivity index (χ3n) is 3.86. The predicted octanol–water partition coefficient (Wildman–Crippen LogP) is 2.77. The summed E-state index contributed by atoms with van der Waals surface area (Å²) in [7, 11) is 0. The minimum absolute atomic E-state index is 0.151. The molecule has 1 aromatic rings. The fraction of sp³-hybridized carbons (Fsp3) is 0.562. The molecular formula is C16H22N2OS. The van der Waals surface area contributed by atoms with E-state index in [2.05, 4.69) is 25.7 Å². The molecule has 1 saturated heterocycles. The second-order valence-electron chi connectivity index (χ2n) is 5.47. The first-order valence-corrected chi connectivity index (χ1v) is 7.98. The highest BCUT2D eigenvalue weighted by atomic mass is 32.1. The van der Waals surface area contributed by atoms with Crippen LogP contribution in [0.15, 0.2) is 6.07 Å². The Balaban J connectivity index is 2.24. The molecule has 0 spiro atoms. The van der Waals surface area contributed by atoms with Gasteiger partial charge in [0.1, 0.15) is 0 Å². The molecule has 0 bridgehead atoms. The van der Waals surface area contributed by atoms with Crippen molar-refractivity contribution in [3.05, 3.63) is 21.4 Å². The summed E-state index contributed by atoms with van der Waals surface area (Å²) < 4.78 is 0. The summed E-state index contributed by atoms with van der Waals surface area (Å²) >= 11 is 1.48. The molecule has 2 rings (SSSR count). The molecule has 108 valence electrons. The van der Waals surface area contributed by atoms with Crippen molar-refractivity contribution in [2.45, 2.75) is 52.1 Å². The lowest BCUT2D eigenvalue weighted by Crippen LogP contribution is -2.47. The summed E-state index contributed by atoms with van der Waals surface area (Å²) in [5.74, 6) is 6.06. The number of nitrogens with two attached hydrogens (primary N) is 1. The Hall–Kier alpha value is -1.31. The number of hydrogen-bond acceptors (Lipinski definition) is 3. The van der Waals surface area contributed by atoms with Crippen LogP contribution >= 0.6 is 11.3 Å². The molecule has 2 N–H and O–H groups in total. The van der Waals surface area contributed by atoms with Crippen LogP contribution in [0.2, 0.25) is 0 Å². The SMILES string of the molecule is Cc1cc(C(=O)N2[C@H](C)CCC[C@@H]2C)sc1C#CCN. The monoisotopic (exact) mass is 290 g/mol. The van der Waals surface area contributed by atoms with Crippen molar-refractivity contribution in [1.29, 1.82) is 0 Å². The Morgan fingerprint density at radius 3 is 2.70 bits per heavy atom. The van der Waals surface area contributed by atoms with Crippen LogP contribution in [-0.4, -0.2) is 29.4 Å². The van der Waals surface area contributed by atoms with E-state index in [0.29, 0.717) is 18.6 Å². The maximum absolute atomic E-state index is 12.7. The summed E-state index contributed by atoms with van der Waals surface area (Å²) in [6.07, 6.45) is 3.41. The van der Waals surface area contributed by atoms with Crippen molar-refractivity contribution >= 4 is 17.2 Å². The van der Waals surface area contributed by atoms with Crippen LogP contribution in [0.25, 0.3) is 0 Å². The van der Waals surface area contributed by atoms with Gasteiger partial charge in [-0.3, -0.25) is 4.79 Å². The van der Waals surface area contributed by atoms with Gasteiger partial charge in [-0.05, 0) is 51.7 Å². The number of piperidine rings is 1. The topological polar surface area (TPSA) is 46.3 Å². The molecule has 1 aliphatic heterocycles. The fourth-order valence-electron chi connectivity index (χ4n) is 2.79. The van der Waals surface area contributed by atoms with Gasteiger partial charge in [-0.25, -0.2) is 0 Å². The summed E-state index contributed by atoms with van der Waals surface area (Å²) in [6, 6.07) is 2.61. The summed E-state index contributed by atoms with van der Waals surface area (Å²) in [6.45, 7) is 6.63. The van der Waals surface area contributed by atoms with Crippen LogP contribution in [0, 0.1) is 18.8 Å². The molecule has 0 aliphatic carbocycles. The number of rotatable bonds is 1. The van der Waals surface area contributed by atoms with Gasteiger partial charge < -0.3 is 10.6 Å². The number of nitrogens with zero attached hydrogens (tertiary/aromatic N) is 1. The van der Waals surface area contributed by atoms with Gasteiger partial charge in [-0.15, -0.1) is 11.3 Å². The van der Waals surface area contributed by atoms with Crippen LogP contribution in [0.3, 0.4) is 0 Å². The Morgan fingerprint density at radius 1 is 1.45 bits per heavy atom. The van der Waals surface area contributed by atoms with E-state index >= 15 is 0 Å². The van der Waals surface area contributed by atoms with E-state index < -0.39 is 0 Å². The molecule has 20 heavy (non-hydrogen) atoms. The first-order chi connectivity index (χ1) is 9.54. The van der Waals surface area contributed by atoms with E-state index in [4.69, 9.17) is 5.73 Å². The molecule has 1 aliphatic rings. The number of carbonyl (C=O) groups is 1. The van der Waals surface area contributed by atoms with E-state index in [-0.39, 0.29) is 5.91 Å². The average molecular weight is 290 g/mol. The van der Waals surface area contributed by atoms with E-state index in [1.165, 1.54) is 17.8 Å². The van der Waals surface area contributed by atoms with Gasteiger partial charge in [0.05, 0.1) is 16.3 Å². The number of amides is 1. The zero-order valence-corrected chi connectivity index (χ0v) is 13.2. The van der Waals surface area contributed by atoms with Gasteiger partial charge in [0.2, 0.25) is 0 Å². The highest BCUT2D eigenvalue weighted by Crippen LogP contribution is 2.28. The Morgan fingerprint density at radius 2 is 2.10 bits per heavy atom. The van der Waals surface area contributed by atoms with E-state index in [1.54, 1.807) is 0 Å². The smallest absolute Gasteiger partial charge is 0.264 e. The van der Waals surface area contributed by atoms with Gasteiger partial charge in [-0.2, -0.15) is 0 Å². The van der Waals surface area contributed by atoms with E-state index in [0.717, 1.165) is 28.2 Å². The maximum atomic E-state index is 12.7. The second-order valence-corrected chi connectivity index (χ2v) is 6.52. The Labute approximate surface area is 125 Å². The normalized spacial score (nSPS) is 22.3. The Kier molecular flexibility index (Phi) is 4.85.